The molecule has 7 heteroatoms. The van der Waals surface area contributed by atoms with Crippen LogP contribution in [-0.2, 0) is 9.15 Å². The van der Waals surface area contributed by atoms with E-state index in [0.717, 1.165) is 0 Å². The van der Waals surface area contributed by atoms with E-state index in [2.05, 4.69) is 0 Å². The van der Waals surface area contributed by atoms with Crippen molar-refractivity contribution < 1.29 is 12.6 Å². The summed E-state index contributed by atoms with van der Waals surface area (Å²) in [5.74, 6) is 0.101. The van der Waals surface area contributed by atoms with Crippen LogP contribution in [0.1, 0.15) is 0 Å². The first-order valence-electron chi connectivity index (χ1n) is 5.31. The van der Waals surface area contributed by atoms with Crippen molar-refractivity contribution in [1.82, 2.24) is 0 Å². The fraction of sp³-hybridized carbons (Fsp3) is 0. The molecule has 0 saturated carbocycles. The van der Waals surface area contributed by atoms with Gasteiger partial charge in [-0.15, -0.1) is 0 Å². The van der Waals surface area contributed by atoms with Crippen molar-refractivity contribution in [3.8, 4) is 5.75 Å². The number of benzene rings is 2. The van der Waals surface area contributed by atoms with Crippen molar-refractivity contribution in [2.24, 2.45) is 0 Å². The van der Waals surface area contributed by atoms with Crippen LogP contribution in [0.2, 0.25) is 0 Å². The number of hydrogen-bond donors (Lipinski definition) is 2. The number of para-hydroxylation sites is 3. The summed E-state index contributed by atoms with van der Waals surface area (Å²) in [6.07, 6.45) is 0. The molecule has 2 aromatic rings. The molecule has 5 nitrogen and oxygen atoms in total. The molecule has 0 fully saturated rings. The maximum Gasteiger partial charge on any atom is 0.370 e. The van der Waals surface area contributed by atoms with E-state index in [4.69, 9.17) is 15.7 Å². The van der Waals surface area contributed by atoms with Crippen LogP contribution in [0.5, 0.6) is 5.75 Å². The molecule has 0 bridgehead atoms. The van der Waals surface area contributed by atoms with Gasteiger partial charge in [0.25, 0.3) is 0 Å². The van der Waals surface area contributed by atoms with Gasteiger partial charge >= 0.3 is 9.15 Å². The van der Waals surface area contributed by atoms with Gasteiger partial charge in [0.2, 0.25) is 0 Å². The average Bonchev–Trinajstić information content (AvgIpc) is 2.35. The Morgan fingerprint density at radius 3 is 2.11 bits per heavy atom. The predicted molar refractivity (Wildman–Crippen MR) is 77.1 cm³/mol. The highest BCUT2D eigenvalue weighted by Crippen LogP contribution is 2.32. The van der Waals surface area contributed by atoms with E-state index in [1.165, 1.54) is 6.07 Å². The van der Waals surface area contributed by atoms with Gasteiger partial charge in [0, 0.05) is 21.4 Å². The van der Waals surface area contributed by atoms with Gasteiger partial charge in [-0.2, -0.15) is 8.42 Å². The summed E-state index contributed by atoms with van der Waals surface area (Å²) in [5, 5.41) is 0. The van der Waals surface area contributed by atoms with Crippen LogP contribution in [0, 0.1) is 0 Å². The number of rotatable bonds is 4. The van der Waals surface area contributed by atoms with E-state index in [9.17, 15) is 8.42 Å². The van der Waals surface area contributed by atoms with E-state index < -0.39 is 9.15 Å². The fourth-order valence-electron chi connectivity index (χ4n) is 1.35. The van der Waals surface area contributed by atoms with Crippen LogP contribution in [0.25, 0.3) is 0 Å². The summed E-state index contributed by atoms with van der Waals surface area (Å²) in [6, 6.07) is 13.0. The molecule has 0 aliphatic carbocycles. The molecule has 0 unspecified atom stereocenters. The van der Waals surface area contributed by atoms with Crippen molar-refractivity contribution in [3.05, 3.63) is 48.5 Å². The molecule has 0 saturated heterocycles. The van der Waals surface area contributed by atoms with Gasteiger partial charge in [-0.3, -0.25) is 0 Å². The second-order valence-corrected chi connectivity index (χ2v) is 6.96. The molecule has 0 atom stereocenters. The molecule has 0 heterocycles. The third-order valence-electron chi connectivity index (χ3n) is 2.22. The molecule has 0 aliphatic rings. The second kappa shape index (κ2) is 5.41. The Balaban J connectivity index is 2.21. The summed E-state index contributed by atoms with van der Waals surface area (Å²) < 4.78 is 28.8. The Morgan fingerprint density at radius 2 is 1.47 bits per heavy atom. The summed E-state index contributed by atoms with van der Waals surface area (Å²) in [4.78, 5) is 0.414. The van der Waals surface area contributed by atoms with E-state index in [-0.39, 0.29) is 11.4 Å². The van der Waals surface area contributed by atoms with Gasteiger partial charge in [-0.05, 0) is 24.3 Å². The normalized spacial score (nSPS) is 11.2. The molecule has 0 aliphatic heterocycles. The first-order valence-corrected chi connectivity index (χ1v) is 8.05. The maximum absolute atomic E-state index is 11.9. The Morgan fingerprint density at radius 1 is 0.895 bits per heavy atom. The zero-order chi connectivity index (χ0) is 13.9. The van der Waals surface area contributed by atoms with Gasteiger partial charge in [0.1, 0.15) is 0 Å². The highest BCUT2D eigenvalue weighted by Gasteiger charge is 2.18. The summed E-state index contributed by atoms with van der Waals surface area (Å²) in [6.45, 7) is 0. The summed E-state index contributed by atoms with van der Waals surface area (Å²) >= 11 is 0. The van der Waals surface area contributed by atoms with E-state index in [1.807, 2.05) is 0 Å². The number of nitrogen functional groups attached to an aromatic ring is 2. The molecule has 0 radical (unpaired) electrons. The smallest absolute Gasteiger partial charge is 0.370 e. The average molecular weight is 296 g/mol. The minimum atomic E-state index is -3.88. The first-order chi connectivity index (χ1) is 8.98. The maximum atomic E-state index is 11.9. The Bertz CT molecular complexity index is 633. The van der Waals surface area contributed by atoms with Crippen LogP contribution in [0.4, 0.5) is 11.4 Å². The van der Waals surface area contributed by atoms with E-state index >= 15 is 0 Å². The number of nitrogens with two attached hydrogens (primary N) is 2. The van der Waals surface area contributed by atoms with E-state index in [0.29, 0.717) is 21.4 Å². The quantitative estimate of drug-likeness (QED) is 0.663. The Kier molecular flexibility index (Phi) is 3.87. The topological polar surface area (TPSA) is 95.4 Å². The largest absolute Gasteiger partial charge is 0.398 e. The second-order valence-electron chi connectivity index (χ2n) is 3.65. The lowest BCUT2D eigenvalue weighted by molar-refractivity contribution is 0.506. The van der Waals surface area contributed by atoms with Crippen molar-refractivity contribution in [1.29, 1.82) is 0 Å². The minimum absolute atomic E-state index is 0.101. The molecule has 19 heavy (non-hydrogen) atoms. The molecular weight excluding hydrogens is 284 g/mol. The minimum Gasteiger partial charge on any atom is -0.398 e. The zero-order valence-corrected chi connectivity index (χ0v) is 11.4. The summed E-state index contributed by atoms with van der Waals surface area (Å²) in [7, 11) is -3.33. The third kappa shape index (κ3) is 3.55. The van der Waals surface area contributed by atoms with Crippen LogP contribution in [0.3, 0.4) is 0 Å². The molecule has 0 aromatic heterocycles. The van der Waals surface area contributed by atoms with Crippen molar-refractivity contribution in [3.63, 3.8) is 0 Å². The van der Waals surface area contributed by atoms with Crippen molar-refractivity contribution in [2.75, 3.05) is 11.5 Å². The highest BCUT2D eigenvalue weighted by molar-refractivity contribution is 8.70. The molecule has 0 amide bonds. The molecule has 2 rings (SSSR count). The van der Waals surface area contributed by atoms with Crippen LogP contribution < -0.4 is 15.7 Å². The van der Waals surface area contributed by atoms with Gasteiger partial charge in [-0.25, -0.2) is 0 Å². The van der Waals surface area contributed by atoms with Gasteiger partial charge in [0.05, 0.1) is 5.69 Å². The van der Waals surface area contributed by atoms with Gasteiger partial charge in [0.15, 0.2) is 5.75 Å². The lowest BCUT2D eigenvalue weighted by Gasteiger charge is -2.09. The first kappa shape index (κ1) is 13.6. The van der Waals surface area contributed by atoms with E-state index in [1.54, 1.807) is 42.5 Å². The monoisotopic (exact) mass is 296 g/mol. The van der Waals surface area contributed by atoms with Crippen LogP contribution in [0.15, 0.2) is 53.4 Å². The Labute approximate surface area is 115 Å². The Hall–Kier alpha value is -1.86. The predicted octanol–water partition coefficient (Wildman–Crippen LogP) is 2.27. The lowest BCUT2D eigenvalue weighted by Crippen LogP contribution is -2.06. The van der Waals surface area contributed by atoms with Crippen molar-refractivity contribution >= 4 is 31.3 Å². The standard InChI is InChI=1S/C12H12N2O3S2/c13-9-5-1-3-7-11(9)17-19(15,16)18-12-8-4-2-6-10(12)14/h1-8H,13-14H2. The SMILES string of the molecule is Nc1ccccc1OS(=O)(=O)Sc1ccccc1N. The number of anilines is 2. The lowest BCUT2D eigenvalue weighted by atomic mass is 10.3. The zero-order valence-electron chi connectivity index (χ0n) is 9.81. The van der Waals surface area contributed by atoms with Gasteiger partial charge in [-0.1, -0.05) is 24.3 Å². The highest BCUT2D eigenvalue weighted by atomic mass is 33.1. The molecule has 2 aromatic carbocycles. The van der Waals surface area contributed by atoms with Crippen molar-refractivity contribution in [2.45, 2.75) is 4.90 Å². The fourth-order valence-corrected chi connectivity index (χ4v) is 3.71. The van der Waals surface area contributed by atoms with Gasteiger partial charge < -0.3 is 15.7 Å². The molecule has 100 valence electrons. The molecule has 0 spiro atoms. The third-order valence-corrected chi connectivity index (χ3v) is 4.72. The number of hydrogen-bond acceptors (Lipinski definition) is 6. The molecule has 4 N–H and O–H groups in total. The molecular formula is C12H12N2O3S2. The van der Waals surface area contributed by atoms with Crippen LogP contribution >= 0.6 is 10.8 Å². The summed E-state index contributed by atoms with van der Waals surface area (Å²) in [5.41, 5.74) is 11.9. The van der Waals surface area contributed by atoms with Crippen LogP contribution in [-0.4, -0.2) is 8.42 Å².